The van der Waals surface area contributed by atoms with Gasteiger partial charge in [0.2, 0.25) is 0 Å². The molecule has 1 rings (SSSR count). The second-order valence-electron chi connectivity index (χ2n) is 4.11. The number of hydrogen-bond acceptors (Lipinski definition) is 5. The smallest absolute Gasteiger partial charge is 0.307 e. The molecule has 7 nitrogen and oxygen atoms in total. The number of carbonyl (C=O) groups excluding carboxylic acids is 1. The quantitative estimate of drug-likeness (QED) is 0.691. The van der Waals surface area contributed by atoms with Gasteiger partial charge in [-0.15, -0.1) is 0 Å². The van der Waals surface area contributed by atoms with Gasteiger partial charge in [-0.25, -0.2) is 5.14 Å². The molecule has 0 radical (unpaired) electrons. The first-order valence-electron chi connectivity index (χ1n) is 6.06. The lowest BCUT2D eigenvalue weighted by atomic mass is 10.0. The molecule has 118 valence electrons. The van der Waals surface area contributed by atoms with Crippen LogP contribution in [0.2, 0.25) is 0 Å². The van der Waals surface area contributed by atoms with Crippen molar-refractivity contribution in [3.05, 3.63) is 28.2 Å². The Balaban J connectivity index is 3.16. The van der Waals surface area contributed by atoms with Crippen molar-refractivity contribution < 1.29 is 22.7 Å². The van der Waals surface area contributed by atoms with E-state index >= 15 is 0 Å². The Labute approximate surface area is 132 Å². The number of benzene rings is 1. The molecule has 0 aliphatic heterocycles. The number of rotatable bonds is 7. The zero-order valence-corrected chi connectivity index (χ0v) is 14.0. The van der Waals surface area contributed by atoms with Crippen molar-refractivity contribution in [3.63, 3.8) is 0 Å². The maximum atomic E-state index is 11.6. The average Bonchev–Trinajstić information content (AvgIpc) is 2.36. The van der Waals surface area contributed by atoms with E-state index in [0.29, 0.717) is 15.8 Å². The average molecular weight is 381 g/mol. The highest BCUT2D eigenvalue weighted by atomic mass is 79.9. The van der Waals surface area contributed by atoms with E-state index in [-0.39, 0.29) is 13.0 Å². The van der Waals surface area contributed by atoms with Crippen molar-refractivity contribution in [2.24, 2.45) is 5.14 Å². The van der Waals surface area contributed by atoms with Crippen molar-refractivity contribution in [1.82, 2.24) is 4.72 Å². The topological polar surface area (TPSA) is 108 Å². The van der Waals surface area contributed by atoms with E-state index in [2.05, 4.69) is 20.7 Å². The fourth-order valence-corrected chi connectivity index (χ4v) is 2.76. The summed E-state index contributed by atoms with van der Waals surface area (Å²) in [5.41, 5.74) is 0.481. The van der Waals surface area contributed by atoms with Crippen LogP contribution in [0.1, 0.15) is 24.9 Å². The molecule has 0 heterocycles. The summed E-state index contributed by atoms with van der Waals surface area (Å²) in [6.07, 6.45) is -0.197. The third-order valence-electron chi connectivity index (χ3n) is 2.55. The number of hydrogen-bond donors (Lipinski definition) is 2. The van der Waals surface area contributed by atoms with Gasteiger partial charge in [0.1, 0.15) is 5.75 Å². The van der Waals surface area contributed by atoms with Gasteiger partial charge in [-0.1, -0.05) is 15.9 Å². The molecule has 0 aliphatic carbocycles. The number of ether oxygens (including phenoxy) is 2. The van der Waals surface area contributed by atoms with Gasteiger partial charge in [0, 0.05) is 10.0 Å². The highest BCUT2D eigenvalue weighted by Gasteiger charge is 2.24. The molecule has 0 bridgehead atoms. The fraction of sp³-hybridized carbons (Fsp3) is 0.417. The number of carbonyl (C=O) groups is 1. The zero-order valence-electron chi connectivity index (χ0n) is 11.6. The minimum atomic E-state index is -4.00. The van der Waals surface area contributed by atoms with Crippen LogP contribution in [0, 0.1) is 0 Å². The Morgan fingerprint density at radius 3 is 2.67 bits per heavy atom. The van der Waals surface area contributed by atoms with E-state index in [1.807, 2.05) is 0 Å². The van der Waals surface area contributed by atoms with Gasteiger partial charge < -0.3 is 9.47 Å². The first kappa shape index (κ1) is 17.9. The molecule has 0 aromatic heterocycles. The normalized spacial score (nSPS) is 12.8. The molecule has 1 aromatic rings. The molecule has 0 saturated carbocycles. The molecule has 1 unspecified atom stereocenters. The summed E-state index contributed by atoms with van der Waals surface area (Å²) in [4.78, 5) is 11.6. The maximum Gasteiger partial charge on any atom is 0.307 e. The van der Waals surface area contributed by atoms with Gasteiger partial charge in [-0.3, -0.25) is 4.79 Å². The summed E-state index contributed by atoms with van der Waals surface area (Å²) in [5.74, 6) is -0.107. The fourth-order valence-electron chi connectivity index (χ4n) is 1.78. The van der Waals surface area contributed by atoms with Gasteiger partial charge in [0.15, 0.2) is 0 Å². The van der Waals surface area contributed by atoms with Crippen molar-refractivity contribution in [2.75, 3.05) is 13.7 Å². The predicted octanol–water partition coefficient (Wildman–Crippen LogP) is 1.25. The Morgan fingerprint density at radius 1 is 1.48 bits per heavy atom. The standard InChI is InChI=1S/C12H17BrN2O5S/c1-3-20-12(16)7-10(15-21(14,17)18)9-6-8(13)4-5-11(9)19-2/h4-6,10,15H,3,7H2,1-2H3,(H2,14,17,18). The largest absolute Gasteiger partial charge is 0.496 e. The van der Waals surface area contributed by atoms with Crippen LogP contribution in [0.5, 0.6) is 5.75 Å². The number of nitrogens with two attached hydrogens (primary N) is 1. The number of nitrogens with one attached hydrogen (secondary N) is 1. The number of esters is 1. The van der Waals surface area contributed by atoms with Crippen LogP contribution in [0.4, 0.5) is 0 Å². The first-order chi connectivity index (χ1) is 9.76. The van der Waals surface area contributed by atoms with Crippen LogP contribution in [-0.2, 0) is 19.7 Å². The van der Waals surface area contributed by atoms with E-state index in [9.17, 15) is 13.2 Å². The Kier molecular flexibility index (Phi) is 6.59. The summed E-state index contributed by atoms with van der Waals surface area (Å²) in [6, 6.07) is 4.16. The first-order valence-corrected chi connectivity index (χ1v) is 8.40. The molecular weight excluding hydrogens is 364 g/mol. The van der Waals surface area contributed by atoms with Crippen LogP contribution in [0.3, 0.4) is 0 Å². The molecule has 21 heavy (non-hydrogen) atoms. The molecule has 1 aromatic carbocycles. The van der Waals surface area contributed by atoms with Crippen LogP contribution < -0.4 is 14.6 Å². The third kappa shape index (κ3) is 6.00. The molecule has 3 N–H and O–H groups in total. The predicted molar refractivity (Wildman–Crippen MR) is 80.9 cm³/mol. The SMILES string of the molecule is CCOC(=O)CC(NS(N)(=O)=O)c1cc(Br)ccc1OC. The van der Waals surface area contributed by atoms with E-state index in [1.165, 1.54) is 7.11 Å². The van der Waals surface area contributed by atoms with E-state index < -0.39 is 22.2 Å². The molecule has 0 amide bonds. The van der Waals surface area contributed by atoms with Gasteiger partial charge >= 0.3 is 5.97 Å². The van der Waals surface area contributed by atoms with E-state index in [0.717, 1.165) is 0 Å². The lowest BCUT2D eigenvalue weighted by molar-refractivity contribution is -0.143. The maximum absolute atomic E-state index is 11.6. The van der Waals surface area contributed by atoms with Crippen LogP contribution in [0.25, 0.3) is 0 Å². The lowest BCUT2D eigenvalue weighted by Gasteiger charge is -2.19. The molecule has 0 saturated heterocycles. The van der Waals surface area contributed by atoms with Crippen molar-refractivity contribution in [2.45, 2.75) is 19.4 Å². The van der Waals surface area contributed by atoms with Crippen LogP contribution in [0.15, 0.2) is 22.7 Å². The van der Waals surface area contributed by atoms with Crippen molar-refractivity contribution >= 4 is 32.1 Å². The molecule has 0 spiro atoms. The summed E-state index contributed by atoms with van der Waals surface area (Å²) in [6.45, 7) is 1.87. The molecule has 1 atom stereocenters. The summed E-state index contributed by atoms with van der Waals surface area (Å²) in [7, 11) is -2.55. The molecule has 9 heteroatoms. The zero-order chi connectivity index (χ0) is 16.0. The number of methoxy groups -OCH3 is 1. The molecule has 0 aliphatic rings. The molecular formula is C12H17BrN2O5S. The summed E-state index contributed by atoms with van der Waals surface area (Å²) >= 11 is 3.29. The Bertz CT molecular complexity index is 606. The number of halogens is 1. The monoisotopic (exact) mass is 380 g/mol. The van der Waals surface area contributed by atoms with Gasteiger partial charge in [0.25, 0.3) is 10.2 Å². The van der Waals surface area contributed by atoms with Gasteiger partial charge in [0.05, 0.1) is 26.2 Å². The van der Waals surface area contributed by atoms with Gasteiger partial charge in [-0.2, -0.15) is 13.1 Å². The van der Waals surface area contributed by atoms with Crippen molar-refractivity contribution in [1.29, 1.82) is 0 Å². The summed E-state index contributed by atoms with van der Waals surface area (Å²) < 4.78 is 35.6. The lowest BCUT2D eigenvalue weighted by Crippen LogP contribution is -2.35. The second kappa shape index (κ2) is 7.74. The van der Waals surface area contributed by atoms with Crippen LogP contribution >= 0.6 is 15.9 Å². The van der Waals surface area contributed by atoms with E-state index in [1.54, 1.807) is 25.1 Å². The third-order valence-corrected chi connectivity index (χ3v) is 3.66. The minimum absolute atomic E-state index is 0.197. The van der Waals surface area contributed by atoms with Crippen molar-refractivity contribution in [3.8, 4) is 5.75 Å². The van der Waals surface area contributed by atoms with Gasteiger partial charge in [-0.05, 0) is 25.1 Å². The summed E-state index contributed by atoms with van der Waals surface area (Å²) in [5, 5.41) is 5.01. The van der Waals surface area contributed by atoms with Crippen LogP contribution in [-0.4, -0.2) is 28.1 Å². The second-order valence-corrected chi connectivity index (χ2v) is 6.35. The Morgan fingerprint density at radius 2 is 2.14 bits per heavy atom. The minimum Gasteiger partial charge on any atom is -0.496 e. The highest BCUT2D eigenvalue weighted by molar-refractivity contribution is 9.10. The highest BCUT2D eigenvalue weighted by Crippen LogP contribution is 2.30. The molecule has 0 fully saturated rings. The Hall–Kier alpha value is -1.16. The van der Waals surface area contributed by atoms with E-state index in [4.69, 9.17) is 14.6 Å².